The number of benzene rings is 5. The lowest BCUT2D eigenvalue weighted by Gasteiger charge is -2.33. The lowest BCUT2D eigenvalue weighted by Crippen LogP contribution is -2.57. The molecular formula is C35H22BNO2. The van der Waals surface area contributed by atoms with Crippen LogP contribution in [0.25, 0.3) is 33.4 Å². The minimum absolute atomic E-state index is 0.0514. The molecule has 2 aliphatic rings. The molecule has 0 bridgehead atoms. The molecule has 3 nitrogen and oxygen atoms in total. The number of hydrogen-bond donors (Lipinski definition) is 0. The standard InChI is InChI=1S/C35H22BNO2/c1-2-6-23(7-3-1)26-15-17-29-33(20-26)38-31-9-4-10-32-35(31)36(29)30-18-16-27(21-34(30)39-32)24-11-13-25(14-12-24)28-8-5-19-37-22-28/h1-22H. The molecule has 182 valence electrons. The van der Waals surface area contributed by atoms with Crippen LogP contribution in [0.2, 0.25) is 0 Å². The molecule has 0 radical (unpaired) electrons. The largest absolute Gasteiger partial charge is 0.458 e. The molecule has 0 saturated heterocycles. The Balaban J connectivity index is 1.21. The Bertz CT molecular complexity index is 1850. The van der Waals surface area contributed by atoms with Crippen LogP contribution in [-0.2, 0) is 0 Å². The quantitative estimate of drug-likeness (QED) is 0.250. The fourth-order valence-electron chi connectivity index (χ4n) is 5.80. The second kappa shape index (κ2) is 8.75. The Labute approximate surface area is 227 Å². The summed E-state index contributed by atoms with van der Waals surface area (Å²) >= 11 is 0. The van der Waals surface area contributed by atoms with Crippen molar-refractivity contribution >= 4 is 23.1 Å². The van der Waals surface area contributed by atoms with Crippen LogP contribution in [0.4, 0.5) is 0 Å². The molecule has 0 amide bonds. The molecule has 5 aromatic carbocycles. The van der Waals surface area contributed by atoms with E-state index in [0.29, 0.717) is 0 Å². The first-order valence-corrected chi connectivity index (χ1v) is 13.1. The third-order valence-electron chi connectivity index (χ3n) is 7.72. The minimum atomic E-state index is 0.0514. The Hall–Kier alpha value is -5.09. The molecule has 0 N–H and O–H groups in total. The van der Waals surface area contributed by atoms with Crippen LogP contribution >= 0.6 is 0 Å². The summed E-state index contributed by atoms with van der Waals surface area (Å²) in [5.41, 5.74) is 10.3. The smallest absolute Gasteiger partial charge is 0.260 e. The van der Waals surface area contributed by atoms with Gasteiger partial charge < -0.3 is 9.47 Å². The van der Waals surface area contributed by atoms with Gasteiger partial charge in [-0.1, -0.05) is 91.0 Å². The van der Waals surface area contributed by atoms with E-state index in [2.05, 4.69) is 96.0 Å². The lowest BCUT2D eigenvalue weighted by molar-refractivity contribution is 0.464. The molecule has 3 heterocycles. The molecule has 0 unspecified atom stereocenters. The molecule has 39 heavy (non-hydrogen) atoms. The van der Waals surface area contributed by atoms with Gasteiger partial charge in [-0.25, -0.2) is 0 Å². The van der Waals surface area contributed by atoms with Crippen molar-refractivity contribution in [3.05, 3.63) is 134 Å². The summed E-state index contributed by atoms with van der Waals surface area (Å²) < 4.78 is 13.0. The SMILES string of the molecule is c1ccc(-c2ccc3c(c2)Oc2cccc4c2B3c2ccc(-c3ccc(-c5cccnc5)cc3)cc2O4)cc1. The summed E-state index contributed by atoms with van der Waals surface area (Å²) in [6, 6.07) is 42.3. The van der Waals surface area contributed by atoms with E-state index in [1.165, 1.54) is 5.56 Å². The summed E-state index contributed by atoms with van der Waals surface area (Å²) in [6.45, 7) is 0.0514. The first-order valence-electron chi connectivity index (χ1n) is 13.1. The number of pyridine rings is 1. The average Bonchev–Trinajstić information content (AvgIpc) is 3.01. The normalized spacial score (nSPS) is 12.5. The van der Waals surface area contributed by atoms with E-state index in [0.717, 1.165) is 67.2 Å². The van der Waals surface area contributed by atoms with Crippen molar-refractivity contribution in [2.75, 3.05) is 0 Å². The van der Waals surface area contributed by atoms with Gasteiger partial charge in [0.1, 0.15) is 23.0 Å². The Morgan fingerprint density at radius 3 is 1.56 bits per heavy atom. The van der Waals surface area contributed by atoms with Gasteiger partial charge in [-0.3, -0.25) is 4.98 Å². The fraction of sp³-hybridized carbons (Fsp3) is 0. The second-order valence-corrected chi connectivity index (χ2v) is 10.00. The van der Waals surface area contributed by atoms with Gasteiger partial charge in [0, 0.05) is 17.9 Å². The Kier molecular flexibility index (Phi) is 4.92. The number of fused-ring (bicyclic) bond motifs is 4. The van der Waals surface area contributed by atoms with E-state index in [4.69, 9.17) is 9.47 Å². The van der Waals surface area contributed by atoms with Gasteiger partial charge in [0.15, 0.2) is 0 Å². The second-order valence-electron chi connectivity index (χ2n) is 10.00. The van der Waals surface area contributed by atoms with E-state index in [1.54, 1.807) is 6.20 Å². The van der Waals surface area contributed by atoms with Crippen LogP contribution in [0.3, 0.4) is 0 Å². The minimum Gasteiger partial charge on any atom is -0.458 e. The maximum Gasteiger partial charge on any atom is 0.260 e. The first-order chi connectivity index (χ1) is 19.3. The van der Waals surface area contributed by atoms with Crippen molar-refractivity contribution in [2.45, 2.75) is 0 Å². The highest BCUT2D eigenvalue weighted by Gasteiger charge is 2.40. The van der Waals surface area contributed by atoms with Gasteiger partial charge in [-0.2, -0.15) is 0 Å². The maximum atomic E-state index is 6.50. The number of ether oxygens (including phenoxy) is 2. The van der Waals surface area contributed by atoms with E-state index in [1.807, 2.05) is 36.5 Å². The zero-order chi connectivity index (χ0) is 25.8. The predicted octanol–water partition coefficient (Wildman–Crippen LogP) is 6.81. The van der Waals surface area contributed by atoms with Gasteiger partial charge >= 0.3 is 0 Å². The summed E-state index contributed by atoms with van der Waals surface area (Å²) in [4.78, 5) is 4.25. The average molecular weight is 499 g/mol. The number of nitrogens with zero attached hydrogens (tertiary/aromatic N) is 1. The van der Waals surface area contributed by atoms with Crippen molar-refractivity contribution in [3.63, 3.8) is 0 Å². The first kappa shape index (κ1) is 21.9. The highest BCUT2D eigenvalue weighted by molar-refractivity contribution is 6.98. The van der Waals surface area contributed by atoms with Gasteiger partial charge in [0.25, 0.3) is 6.71 Å². The molecule has 4 heteroatoms. The molecule has 0 spiro atoms. The molecule has 0 aliphatic carbocycles. The third-order valence-corrected chi connectivity index (χ3v) is 7.72. The van der Waals surface area contributed by atoms with Crippen LogP contribution in [0.15, 0.2) is 134 Å². The van der Waals surface area contributed by atoms with Gasteiger partial charge in [0.2, 0.25) is 0 Å². The van der Waals surface area contributed by atoms with Crippen LogP contribution in [0.1, 0.15) is 0 Å². The van der Waals surface area contributed by atoms with Crippen molar-refractivity contribution in [1.82, 2.24) is 4.98 Å². The fourth-order valence-corrected chi connectivity index (χ4v) is 5.80. The highest BCUT2D eigenvalue weighted by atomic mass is 16.5. The molecule has 0 saturated carbocycles. The number of rotatable bonds is 3. The third kappa shape index (κ3) is 3.64. The molecule has 1 aromatic heterocycles. The topological polar surface area (TPSA) is 31.4 Å². The van der Waals surface area contributed by atoms with Crippen LogP contribution in [-0.4, -0.2) is 11.7 Å². The number of hydrogen-bond acceptors (Lipinski definition) is 3. The van der Waals surface area contributed by atoms with Gasteiger partial charge in [-0.05, 0) is 74.6 Å². The predicted molar refractivity (Wildman–Crippen MR) is 158 cm³/mol. The summed E-state index contributed by atoms with van der Waals surface area (Å²) in [5, 5.41) is 0. The summed E-state index contributed by atoms with van der Waals surface area (Å²) in [7, 11) is 0. The monoisotopic (exact) mass is 499 g/mol. The van der Waals surface area contributed by atoms with Crippen molar-refractivity contribution in [3.8, 4) is 56.4 Å². The Morgan fingerprint density at radius 1 is 0.436 bits per heavy atom. The summed E-state index contributed by atoms with van der Waals surface area (Å²) in [5.74, 6) is 3.50. The van der Waals surface area contributed by atoms with E-state index < -0.39 is 0 Å². The van der Waals surface area contributed by atoms with E-state index in [9.17, 15) is 0 Å². The molecule has 0 fully saturated rings. The molecule has 6 aromatic rings. The molecular weight excluding hydrogens is 477 g/mol. The van der Waals surface area contributed by atoms with E-state index >= 15 is 0 Å². The van der Waals surface area contributed by atoms with Crippen LogP contribution in [0, 0.1) is 0 Å². The molecule has 0 atom stereocenters. The Morgan fingerprint density at radius 2 is 0.974 bits per heavy atom. The summed E-state index contributed by atoms with van der Waals surface area (Å²) in [6.07, 6.45) is 3.69. The van der Waals surface area contributed by atoms with Crippen LogP contribution in [0.5, 0.6) is 23.0 Å². The van der Waals surface area contributed by atoms with Gasteiger partial charge in [-0.15, -0.1) is 0 Å². The van der Waals surface area contributed by atoms with Crippen molar-refractivity contribution in [2.24, 2.45) is 0 Å². The zero-order valence-electron chi connectivity index (χ0n) is 21.0. The molecule has 2 aliphatic heterocycles. The number of aromatic nitrogens is 1. The van der Waals surface area contributed by atoms with Gasteiger partial charge in [0.05, 0.1) is 0 Å². The highest BCUT2D eigenvalue weighted by Crippen LogP contribution is 2.37. The van der Waals surface area contributed by atoms with E-state index in [-0.39, 0.29) is 6.71 Å². The van der Waals surface area contributed by atoms with Crippen molar-refractivity contribution in [1.29, 1.82) is 0 Å². The van der Waals surface area contributed by atoms with Crippen molar-refractivity contribution < 1.29 is 9.47 Å². The maximum absolute atomic E-state index is 6.50. The lowest BCUT2D eigenvalue weighted by atomic mass is 9.35. The van der Waals surface area contributed by atoms with Crippen LogP contribution < -0.4 is 25.9 Å². The molecule has 8 rings (SSSR count). The zero-order valence-corrected chi connectivity index (χ0v) is 21.0.